The van der Waals surface area contributed by atoms with Crippen LogP contribution in [0.3, 0.4) is 0 Å². The summed E-state index contributed by atoms with van der Waals surface area (Å²) in [5, 5.41) is 0. The summed E-state index contributed by atoms with van der Waals surface area (Å²) in [5.41, 5.74) is 6.04. The molecule has 0 bridgehead atoms. The van der Waals surface area contributed by atoms with E-state index in [0.717, 1.165) is 11.6 Å². The van der Waals surface area contributed by atoms with Crippen LogP contribution in [0.1, 0.15) is 6.92 Å². The SMILES string of the molecule is C=C(C)COCCNS(=O)(=O)c1ccc(N)c(F)c1. The van der Waals surface area contributed by atoms with E-state index in [4.69, 9.17) is 10.5 Å². The average Bonchev–Trinajstić information content (AvgIpc) is 2.31. The Morgan fingerprint density at radius 2 is 2.21 bits per heavy atom. The van der Waals surface area contributed by atoms with Gasteiger partial charge in [0.05, 0.1) is 23.8 Å². The van der Waals surface area contributed by atoms with Gasteiger partial charge in [-0.1, -0.05) is 12.2 Å². The van der Waals surface area contributed by atoms with E-state index in [1.54, 1.807) is 6.92 Å². The van der Waals surface area contributed by atoms with Crippen LogP contribution < -0.4 is 10.5 Å². The average molecular weight is 288 g/mol. The number of hydrogen-bond donors (Lipinski definition) is 2. The number of ether oxygens (including phenoxy) is 1. The lowest BCUT2D eigenvalue weighted by molar-refractivity contribution is 0.162. The van der Waals surface area contributed by atoms with Gasteiger partial charge in [0.25, 0.3) is 0 Å². The fraction of sp³-hybridized carbons (Fsp3) is 0.333. The van der Waals surface area contributed by atoms with E-state index in [2.05, 4.69) is 11.3 Å². The molecule has 0 heterocycles. The smallest absolute Gasteiger partial charge is 0.240 e. The number of nitrogen functional groups attached to an aromatic ring is 1. The van der Waals surface area contributed by atoms with E-state index >= 15 is 0 Å². The van der Waals surface area contributed by atoms with Crippen molar-refractivity contribution in [3.8, 4) is 0 Å². The minimum absolute atomic E-state index is 0.0938. The minimum Gasteiger partial charge on any atom is -0.396 e. The standard InChI is InChI=1S/C12H17FN2O3S/c1-9(2)8-18-6-5-15-19(16,17)10-3-4-12(14)11(13)7-10/h3-4,7,15H,1,5-6,8,14H2,2H3. The van der Waals surface area contributed by atoms with Gasteiger partial charge in [-0.15, -0.1) is 0 Å². The zero-order chi connectivity index (χ0) is 14.5. The molecule has 0 aliphatic heterocycles. The van der Waals surface area contributed by atoms with Gasteiger partial charge in [0.1, 0.15) is 5.82 Å². The third-order valence-electron chi connectivity index (χ3n) is 2.17. The van der Waals surface area contributed by atoms with Gasteiger partial charge >= 0.3 is 0 Å². The van der Waals surface area contributed by atoms with Crippen LogP contribution >= 0.6 is 0 Å². The summed E-state index contributed by atoms with van der Waals surface area (Å²) >= 11 is 0. The summed E-state index contributed by atoms with van der Waals surface area (Å²) in [6.07, 6.45) is 0. The Morgan fingerprint density at radius 3 is 2.79 bits per heavy atom. The predicted molar refractivity (Wildman–Crippen MR) is 71.6 cm³/mol. The van der Waals surface area contributed by atoms with Gasteiger partial charge < -0.3 is 10.5 Å². The molecule has 1 rings (SSSR count). The number of nitrogens with one attached hydrogen (secondary N) is 1. The Hall–Kier alpha value is -1.44. The number of halogens is 1. The van der Waals surface area contributed by atoms with Crippen LogP contribution in [0.25, 0.3) is 0 Å². The fourth-order valence-electron chi connectivity index (χ4n) is 1.25. The van der Waals surface area contributed by atoms with Crippen LogP contribution in [0, 0.1) is 5.82 Å². The summed E-state index contributed by atoms with van der Waals surface area (Å²) in [6.45, 7) is 6.14. The number of anilines is 1. The largest absolute Gasteiger partial charge is 0.396 e. The number of rotatable bonds is 7. The summed E-state index contributed by atoms with van der Waals surface area (Å²) in [5.74, 6) is -0.763. The van der Waals surface area contributed by atoms with Gasteiger partial charge in [0.2, 0.25) is 10.0 Å². The minimum atomic E-state index is -3.75. The molecule has 0 fully saturated rings. The maximum absolute atomic E-state index is 13.2. The zero-order valence-electron chi connectivity index (χ0n) is 10.6. The summed E-state index contributed by atoms with van der Waals surface area (Å²) in [6, 6.07) is 3.34. The van der Waals surface area contributed by atoms with E-state index in [0.29, 0.717) is 6.61 Å². The Balaban J connectivity index is 2.56. The van der Waals surface area contributed by atoms with Crippen molar-refractivity contribution in [2.75, 3.05) is 25.5 Å². The van der Waals surface area contributed by atoms with Crippen LogP contribution in [0.5, 0.6) is 0 Å². The molecule has 0 amide bonds. The number of sulfonamides is 1. The molecular weight excluding hydrogens is 271 g/mol. The maximum atomic E-state index is 13.2. The summed E-state index contributed by atoms with van der Waals surface area (Å²) in [7, 11) is -3.75. The molecular formula is C12H17FN2O3S. The fourth-order valence-corrected chi connectivity index (χ4v) is 2.28. The molecule has 1 aromatic rings. The molecule has 5 nitrogen and oxygen atoms in total. The molecule has 0 radical (unpaired) electrons. The number of nitrogens with two attached hydrogens (primary N) is 1. The second kappa shape index (κ2) is 6.65. The first-order valence-electron chi connectivity index (χ1n) is 5.60. The molecule has 0 saturated heterocycles. The summed E-state index contributed by atoms with van der Waals surface area (Å²) in [4.78, 5) is -0.167. The molecule has 7 heteroatoms. The van der Waals surface area contributed by atoms with Crippen LogP contribution in [0.15, 0.2) is 35.2 Å². The van der Waals surface area contributed by atoms with Gasteiger partial charge in [-0.3, -0.25) is 0 Å². The third kappa shape index (κ3) is 4.98. The highest BCUT2D eigenvalue weighted by molar-refractivity contribution is 7.89. The number of benzene rings is 1. The summed E-state index contributed by atoms with van der Waals surface area (Å²) < 4.78 is 44.2. The van der Waals surface area contributed by atoms with Crippen molar-refractivity contribution in [1.29, 1.82) is 0 Å². The predicted octanol–water partition coefficient (Wildman–Crippen LogP) is 1.28. The number of hydrogen-bond acceptors (Lipinski definition) is 4. The lowest BCUT2D eigenvalue weighted by Gasteiger charge is -2.08. The lowest BCUT2D eigenvalue weighted by atomic mass is 10.3. The van der Waals surface area contributed by atoms with E-state index in [-0.39, 0.29) is 23.7 Å². The van der Waals surface area contributed by atoms with Crippen LogP contribution in [-0.4, -0.2) is 28.2 Å². The van der Waals surface area contributed by atoms with Crippen molar-refractivity contribution < 1.29 is 17.5 Å². The first-order valence-corrected chi connectivity index (χ1v) is 7.08. The van der Waals surface area contributed by atoms with Gasteiger partial charge in [0.15, 0.2) is 0 Å². The topological polar surface area (TPSA) is 81.4 Å². The van der Waals surface area contributed by atoms with Crippen molar-refractivity contribution in [2.24, 2.45) is 0 Å². The third-order valence-corrected chi connectivity index (χ3v) is 3.63. The second-order valence-corrected chi connectivity index (χ2v) is 5.86. The molecule has 0 saturated carbocycles. The van der Waals surface area contributed by atoms with Crippen LogP contribution in [0.4, 0.5) is 10.1 Å². The highest BCUT2D eigenvalue weighted by Crippen LogP contribution is 2.15. The molecule has 0 atom stereocenters. The van der Waals surface area contributed by atoms with E-state index in [9.17, 15) is 12.8 Å². The Kier molecular flexibility index (Phi) is 5.46. The van der Waals surface area contributed by atoms with Gasteiger partial charge in [-0.05, 0) is 25.1 Å². The molecule has 19 heavy (non-hydrogen) atoms. The van der Waals surface area contributed by atoms with Gasteiger partial charge in [-0.2, -0.15) is 0 Å². The monoisotopic (exact) mass is 288 g/mol. The molecule has 1 aromatic carbocycles. The molecule has 0 unspecified atom stereocenters. The van der Waals surface area contributed by atoms with E-state index < -0.39 is 15.8 Å². The second-order valence-electron chi connectivity index (χ2n) is 4.09. The molecule has 106 valence electrons. The van der Waals surface area contributed by atoms with Crippen molar-refractivity contribution in [2.45, 2.75) is 11.8 Å². The molecule has 0 spiro atoms. The van der Waals surface area contributed by atoms with Gasteiger partial charge in [0, 0.05) is 6.54 Å². The van der Waals surface area contributed by atoms with Crippen molar-refractivity contribution in [3.63, 3.8) is 0 Å². The molecule has 0 aliphatic rings. The zero-order valence-corrected chi connectivity index (χ0v) is 11.5. The highest BCUT2D eigenvalue weighted by Gasteiger charge is 2.14. The van der Waals surface area contributed by atoms with E-state index in [1.807, 2.05) is 0 Å². The Morgan fingerprint density at radius 1 is 1.53 bits per heavy atom. The lowest BCUT2D eigenvalue weighted by Crippen LogP contribution is -2.27. The van der Waals surface area contributed by atoms with Crippen molar-refractivity contribution in [3.05, 3.63) is 36.2 Å². The first-order chi connectivity index (χ1) is 8.83. The molecule has 3 N–H and O–H groups in total. The quantitative estimate of drug-likeness (QED) is 0.450. The van der Waals surface area contributed by atoms with Crippen LogP contribution in [-0.2, 0) is 14.8 Å². The molecule has 0 aliphatic carbocycles. The Bertz CT molecular complexity index is 558. The first kappa shape index (κ1) is 15.6. The maximum Gasteiger partial charge on any atom is 0.240 e. The molecule has 0 aromatic heterocycles. The van der Waals surface area contributed by atoms with Gasteiger partial charge in [-0.25, -0.2) is 17.5 Å². The van der Waals surface area contributed by atoms with Crippen molar-refractivity contribution in [1.82, 2.24) is 4.72 Å². The Labute approximate surface area is 112 Å². The van der Waals surface area contributed by atoms with Crippen molar-refractivity contribution >= 4 is 15.7 Å². The normalized spacial score (nSPS) is 11.5. The highest BCUT2D eigenvalue weighted by atomic mass is 32.2. The van der Waals surface area contributed by atoms with Crippen LogP contribution in [0.2, 0.25) is 0 Å². The van der Waals surface area contributed by atoms with E-state index in [1.165, 1.54) is 12.1 Å².